The Bertz CT molecular complexity index is 955. The smallest absolute Gasteiger partial charge is 0.183 e. The molecule has 1 aliphatic rings. The normalized spacial score (nSPS) is 19.6. The summed E-state index contributed by atoms with van der Waals surface area (Å²) in [6.07, 6.45) is 7.80. The Labute approximate surface area is 154 Å². The maximum atomic E-state index is 14.3. The maximum Gasteiger partial charge on any atom is 0.183 e. The molecule has 3 aromatic rings. The number of aromatic nitrogens is 4. The van der Waals surface area contributed by atoms with Crippen molar-refractivity contribution < 1.29 is 4.39 Å². The van der Waals surface area contributed by atoms with Crippen molar-refractivity contribution in [3.05, 3.63) is 35.5 Å². The fourth-order valence-electron chi connectivity index (χ4n) is 3.36. The van der Waals surface area contributed by atoms with Gasteiger partial charge >= 0.3 is 0 Å². The Kier molecular flexibility index (Phi) is 4.26. The van der Waals surface area contributed by atoms with E-state index in [0.717, 1.165) is 30.8 Å². The van der Waals surface area contributed by atoms with E-state index in [-0.39, 0.29) is 11.9 Å². The topological polar surface area (TPSA) is 119 Å². The molecule has 0 spiro atoms. The number of rotatable bonds is 3. The second-order valence-electron chi connectivity index (χ2n) is 6.70. The first-order valence-corrected chi connectivity index (χ1v) is 8.82. The fourth-order valence-corrected chi connectivity index (χ4v) is 3.51. The first-order chi connectivity index (χ1) is 12.4. The lowest BCUT2D eigenvalue weighted by molar-refractivity contribution is 0.275. The lowest BCUT2D eigenvalue weighted by Gasteiger charge is -2.38. The standard InChI is InChI=1S/C17H19ClFN7/c18-9-5-10-11(7-23-14(10)22-6-9)15-24-8-12(19)16(26-15)25-13-3-1-2-4-17(13,20)21/h5-8,13H,1-4,20-21H2,(H,22,23)(H,24,25,26)/t13-/m0/s1. The molecule has 1 aliphatic carbocycles. The number of hydrogen-bond acceptors (Lipinski definition) is 6. The van der Waals surface area contributed by atoms with Gasteiger partial charge in [0.05, 0.1) is 22.9 Å². The van der Waals surface area contributed by atoms with E-state index in [2.05, 4.69) is 25.3 Å². The SMILES string of the molecule is NC1(N)CCCC[C@@H]1Nc1nc(-c2c[nH]c3ncc(Cl)cc23)ncc1F. The van der Waals surface area contributed by atoms with Gasteiger partial charge < -0.3 is 21.8 Å². The van der Waals surface area contributed by atoms with E-state index >= 15 is 0 Å². The highest BCUT2D eigenvalue weighted by Crippen LogP contribution is 2.30. The van der Waals surface area contributed by atoms with Gasteiger partial charge in [0.2, 0.25) is 0 Å². The van der Waals surface area contributed by atoms with Crippen molar-refractivity contribution in [3.63, 3.8) is 0 Å². The summed E-state index contributed by atoms with van der Waals surface area (Å²) in [6.45, 7) is 0. The molecule has 6 N–H and O–H groups in total. The van der Waals surface area contributed by atoms with Gasteiger partial charge in [0.15, 0.2) is 17.5 Å². The quantitative estimate of drug-likeness (QED) is 0.523. The largest absolute Gasteiger partial charge is 0.362 e. The molecule has 7 nitrogen and oxygen atoms in total. The first kappa shape index (κ1) is 17.1. The van der Waals surface area contributed by atoms with Gasteiger partial charge in [0.25, 0.3) is 0 Å². The van der Waals surface area contributed by atoms with Crippen LogP contribution in [0.5, 0.6) is 0 Å². The van der Waals surface area contributed by atoms with Crippen molar-refractivity contribution in [1.82, 2.24) is 19.9 Å². The Morgan fingerprint density at radius 1 is 1.27 bits per heavy atom. The average Bonchev–Trinajstić information content (AvgIpc) is 3.01. The Morgan fingerprint density at radius 2 is 2.12 bits per heavy atom. The molecule has 0 aromatic carbocycles. The van der Waals surface area contributed by atoms with Gasteiger partial charge in [-0.2, -0.15) is 0 Å². The van der Waals surface area contributed by atoms with E-state index in [9.17, 15) is 4.39 Å². The third kappa shape index (κ3) is 3.11. The minimum atomic E-state index is -0.895. The van der Waals surface area contributed by atoms with Crippen LogP contribution in [0, 0.1) is 5.82 Å². The van der Waals surface area contributed by atoms with Gasteiger partial charge in [-0.25, -0.2) is 19.3 Å². The third-order valence-electron chi connectivity index (χ3n) is 4.80. The molecule has 4 rings (SSSR count). The van der Waals surface area contributed by atoms with Crippen molar-refractivity contribution in [2.24, 2.45) is 11.5 Å². The summed E-state index contributed by atoms with van der Waals surface area (Å²) >= 11 is 6.03. The predicted molar refractivity (Wildman–Crippen MR) is 99.1 cm³/mol. The molecule has 0 amide bonds. The zero-order valence-electron chi connectivity index (χ0n) is 14.0. The zero-order valence-corrected chi connectivity index (χ0v) is 14.7. The Morgan fingerprint density at radius 3 is 2.92 bits per heavy atom. The van der Waals surface area contributed by atoms with Crippen LogP contribution in [0.15, 0.2) is 24.7 Å². The zero-order chi connectivity index (χ0) is 18.3. The second-order valence-corrected chi connectivity index (χ2v) is 7.13. The molecule has 136 valence electrons. The number of nitrogens with zero attached hydrogens (tertiary/aromatic N) is 3. The van der Waals surface area contributed by atoms with Gasteiger partial charge in [0, 0.05) is 23.3 Å². The third-order valence-corrected chi connectivity index (χ3v) is 5.00. The fraction of sp³-hybridized carbons (Fsp3) is 0.353. The van der Waals surface area contributed by atoms with Gasteiger partial charge in [-0.1, -0.05) is 24.4 Å². The molecule has 0 aliphatic heterocycles. The average molecular weight is 376 g/mol. The summed E-state index contributed by atoms with van der Waals surface area (Å²) in [7, 11) is 0. The predicted octanol–water partition coefficient (Wildman–Crippen LogP) is 2.78. The molecule has 1 atom stereocenters. The van der Waals surface area contributed by atoms with Crippen LogP contribution in [0.3, 0.4) is 0 Å². The van der Waals surface area contributed by atoms with Gasteiger partial charge in [-0.15, -0.1) is 0 Å². The maximum absolute atomic E-state index is 14.3. The lowest BCUT2D eigenvalue weighted by Crippen LogP contribution is -2.63. The molecule has 3 heterocycles. The molecule has 0 saturated heterocycles. The molecular weight excluding hydrogens is 357 g/mol. The number of aromatic amines is 1. The first-order valence-electron chi connectivity index (χ1n) is 8.44. The van der Waals surface area contributed by atoms with Gasteiger partial charge in [0.1, 0.15) is 5.65 Å². The second kappa shape index (κ2) is 6.46. The van der Waals surface area contributed by atoms with Crippen LogP contribution in [0.4, 0.5) is 10.2 Å². The van der Waals surface area contributed by atoms with Gasteiger partial charge in [-0.3, -0.25) is 0 Å². The van der Waals surface area contributed by atoms with E-state index in [4.69, 9.17) is 23.1 Å². The number of nitrogens with one attached hydrogen (secondary N) is 2. The highest BCUT2D eigenvalue weighted by molar-refractivity contribution is 6.31. The van der Waals surface area contributed by atoms with Crippen LogP contribution in [-0.4, -0.2) is 31.6 Å². The minimum absolute atomic E-state index is 0.0894. The van der Waals surface area contributed by atoms with Crippen molar-refractivity contribution in [1.29, 1.82) is 0 Å². The number of hydrogen-bond donors (Lipinski definition) is 4. The molecule has 3 aromatic heterocycles. The summed E-state index contributed by atoms with van der Waals surface area (Å²) in [5.41, 5.74) is 12.8. The number of nitrogens with two attached hydrogens (primary N) is 2. The monoisotopic (exact) mass is 375 g/mol. The molecule has 0 radical (unpaired) electrons. The summed E-state index contributed by atoms with van der Waals surface area (Å²) < 4.78 is 14.3. The van der Waals surface area contributed by atoms with Gasteiger partial charge in [-0.05, 0) is 18.9 Å². The highest BCUT2D eigenvalue weighted by Gasteiger charge is 2.34. The van der Waals surface area contributed by atoms with Crippen LogP contribution in [0.25, 0.3) is 22.4 Å². The van der Waals surface area contributed by atoms with E-state index in [0.29, 0.717) is 28.5 Å². The van der Waals surface area contributed by atoms with E-state index in [1.54, 1.807) is 18.5 Å². The highest BCUT2D eigenvalue weighted by atomic mass is 35.5. The number of fused-ring (bicyclic) bond motifs is 1. The van der Waals surface area contributed by atoms with Crippen LogP contribution in [0.1, 0.15) is 25.7 Å². The summed E-state index contributed by atoms with van der Waals surface area (Å²) in [5, 5.41) is 4.33. The minimum Gasteiger partial charge on any atom is -0.362 e. The lowest BCUT2D eigenvalue weighted by atomic mass is 9.85. The Hall–Kier alpha value is -2.29. The molecule has 26 heavy (non-hydrogen) atoms. The number of pyridine rings is 1. The summed E-state index contributed by atoms with van der Waals surface area (Å²) in [5.74, 6) is -0.0997. The van der Waals surface area contributed by atoms with Crippen molar-refractivity contribution in [2.75, 3.05) is 5.32 Å². The molecule has 0 unspecified atom stereocenters. The Balaban J connectivity index is 1.71. The van der Waals surface area contributed by atoms with Crippen LogP contribution < -0.4 is 16.8 Å². The summed E-state index contributed by atoms with van der Waals surface area (Å²) in [4.78, 5) is 15.7. The van der Waals surface area contributed by atoms with Crippen LogP contribution in [-0.2, 0) is 0 Å². The van der Waals surface area contributed by atoms with E-state index < -0.39 is 11.5 Å². The van der Waals surface area contributed by atoms with Crippen LogP contribution in [0.2, 0.25) is 5.02 Å². The van der Waals surface area contributed by atoms with Crippen LogP contribution >= 0.6 is 11.6 Å². The number of H-pyrrole nitrogens is 1. The number of anilines is 1. The molecule has 0 bridgehead atoms. The van der Waals surface area contributed by atoms with E-state index in [1.807, 2.05) is 0 Å². The molecular formula is C17H19ClFN7. The molecule has 1 saturated carbocycles. The van der Waals surface area contributed by atoms with Crippen molar-refractivity contribution in [2.45, 2.75) is 37.4 Å². The van der Waals surface area contributed by atoms with E-state index in [1.165, 1.54) is 0 Å². The molecule has 9 heteroatoms. The van der Waals surface area contributed by atoms with Crippen molar-refractivity contribution >= 4 is 28.5 Å². The van der Waals surface area contributed by atoms with Crippen molar-refractivity contribution in [3.8, 4) is 11.4 Å². The summed E-state index contributed by atoms with van der Waals surface area (Å²) in [6, 6.07) is 1.51. The molecule has 1 fully saturated rings. The number of halogens is 2.